The van der Waals surface area contributed by atoms with Crippen LogP contribution in [-0.2, 0) is 4.79 Å². The standard InChI is InChI=1S/C11H9FO/c1-9(12)11(13)8-7-10-5-3-2-4-6-10/h2-8H,1H2. The first-order valence-corrected chi connectivity index (χ1v) is 3.82. The van der Waals surface area contributed by atoms with E-state index in [1.165, 1.54) is 0 Å². The molecule has 13 heavy (non-hydrogen) atoms. The van der Waals surface area contributed by atoms with Gasteiger partial charge in [-0.25, -0.2) is 4.39 Å². The summed E-state index contributed by atoms with van der Waals surface area (Å²) >= 11 is 0. The highest BCUT2D eigenvalue weighted by Gasteiger charge is 1.98. The van der Waals surface area contributed by atoms with Crippen LogP contribution in [0, 0.1) is 0 Å². The third kappa shape index (κ3) is 3.03. The monoisotopic (exact) mass is 176 g/mol. The fraction of sp³-hybridized carbons (Fsp3) is 0. The molecule has 1 rings (SSSR count). The van der Waals surface area contributed by atoms with E-state index >= 15 is 0 Å². The highest BCUT2D eigenvalue weighted by atomic mass is 19.1. The smallest absolute Gasteiger partial charge is 0.213 e. The van der Waals surface area contributed by atoms with E-state index in [0.29, 0.717) is 0 Å². The number of allylic oxidation sites excluding steroid dienone is 2. The van der Waals surface area contributed by atoms with Crippen molar-refractivity contribution in [3.8, 4) is 0 Å². The number of hydrogen-bond donors (Lipinski definition) is 0. The van der Waals surface area contributed by atoms with Crippen molar-refractivity contribution in [2.75, 3.05) is 0 Å². The van der Waals surface area contributed by atoms with E-state index in [-0.39, 0.29) is 0 Å². The molecule has 0 saturated carbocycles. The molecule has 0 N–H and O–H groups in total. The summed E-state index contributed by atoms with van der Waals surface area (Å²) in [7, 11) is 0. The molecule has 0 spiro atoms. The van der Waals surface area contributed by atoms with Crippen LogP contribution in [0.5, 0.6) is 0 Å². The highest BCUT2D eigenvalue weighted by molar-refractivity contribution is 6.04. The van der Waals surface area contributed by atoms with E-state index < -0.39 is 11.6 Å². The number of halogens is 1. The van der Waals surface area contributed by atoms with Gasteiger partial charge in [0.25, 0.3) is 0 Å². The van der Waals surface area contributed by atoms with Crippen molar-refractivity contribution in [1.29, 1.82) is 0 Å². The van der Waals surface area contributed by atoms with E-state index in [9.17, 15) is 9.18 Å². The summed E-state index contributed by atoms with van der Waals surface area (Å²) in [5, 5.41) is 0. The number of carbonyl (C=O) groups excluding carboxylic acids is 1. The van der Waals surface area contributed by atoms with Gasteiger partial charge in [0.05, 0.1) is 0 Å². The molecule has 0 aliphatic carbocycles. The lowest BCUT2D eigenvalue weighted by atomic mass is 10.2. The second kappa shape index (κ2) is 4.36. The summed E-state index contributed by atoms with van der Waals surface area (Å²) in [6.45, 7) is 2.90. The van der Waals surface area contributed by atoms with Crippen molar-refractivity contribution in [2.45, 2.75) is 0 Å². The average molecular weight is 176 g/mol. The van der Waals surface area contributed by atoms with E-state index in [4.69, 9.17) is 0 Å². The average Bonchev–Trinajstić information content (AvgIpc) is 2.15. The molecule has 66 valence electrons. The number of carbonyl (C=O) groups is 1. The summed E-state index contributed by atoms with van der Waals surface area (Å²) in [4.78, 5) is 10.8. The van der Waals surface area contributed by atoms with Crippen molar-refractivity contribution < 1.29 is 9.18 Å². The maximum Gasteiger partial charge on any atom is 0.213 e. The number of benzene rings is 1. The molecule has 0 aliphatic heterocycles. The molecule has 1 aromatic rings. The van der Waals surface area contributed by atoms with Crippen molar-refractivity contribution in [1.82, 2.24) is 0 Å². The number of rotatable bonds is 3. The molecule has 0 bridgehead atoms. The minimum Gasteiger partial charge on any atom is -0.287 e. The van der Waals surface area contributed by atoms with Gasteiger partial charge in [-0.05, 0) is 11.6 Å². The molecule has 0 heterocycles. The lowest BCUT2D eigenvalue weighted by Gasteiger charge is -1.90. The maximum atomic E-state index is 12.2. The van der Waals surface area contributed by atoms with Crippen molar-refractivity contribution in [3.63, 3.8) is 0 Å². The van der Waals surface area contributed by atoms with Crippen LogP contribution in [0.25, 0.3) is 6.08 Å². The summed E-state index contributed by atoms with van der Waals surface area (Å²) < 4.78 is 12.2. The molecular formula is C11H9FO. The normalized spacial score (nSPS) is 10.2. The van der Waals surface area contributed by atoms with Gasteiger partial charge in [0.2, 0.25) is 5.78 Å². The summed E-state index contributed by atoms with van der Waals surface area (Å²) in [6, 6.07) is 9.20. The Morgan fingerprint density at radius 2 is 1.92 bits per heavy atom. The number of ketones is 1. The molecule has 0 aromatic heterocycles. The first kappa shape index (κ1) is 9.39. The third-order valence-electron chi connectivity index (χ3n) is 1.49. The second-order valence-corrected chi connectivity index (χ2v) is 2.51. The van der Waals surface area contributed by atoms with E-state index in [0.717, 1.165) is 11.6 Å². The van der Waals surface area contributed by atoms with Gasteiger partial charge in [0.15, 0.2) is 5.83 Å². The van der Waals surface area contributed by atoms with Crippen molar-refractivity contribution in [3.05, 3.63) is 54.4 Å². The van der Waals surface area contributed by atoms with Crippen molar-refractivity contribution >= 4 is 11.9 Å². The van der Waals surface area contributed by atoms with E-state index in [2.05, 4.69) is 6.58 Å². The zero-order valence-electron chi connectivity index (χ0n) is 7.03. The maximum absolute atomic E-state index is 12.2. The van der Waals surface area contributed by atoms with Crippen LogP contribution in [0.15, 0.2) is 48.8 Å². The Morgan fingerprint density at radius 3 is 2.46 bits per heavy atom. The van der Waals surface area contributed by atoms with Crippen LogP contribution in [0.4, 0.5) is 4.39 Å². The van der Waals surface area contributed by atoms with Crippen LogP contribution in [0.3, 0.4) is 0 Å². The van der Waals surface area contributed by atoms with Crippen LogP contribution in [-0.4, -0.2) is 5.78 Å². The third-order valence-corrected chi connectivity index (χ3v) is 1.49. The lowest BCUT2D eigenvalue weighted by Crippen LogP contribution is -1.89. The zero-order chi connectivity index (χ0) is 9.68. The Bertz CT molecular complexity index is 338. The predicted octanol–water partition coefficient (Wildman–Crippen LogP) is 2.75. The molecule has 0 amide bonds. The lowest BCUT2D eigenvalue weighted by molar-refractivity contribution is -0.112. The Kier molecular flexibility index (Phi) is 3.15. The summed E-state index contributed by atoms with van der Waals surface area (Å²) in [5.41, 5.74) is 0.858. The molecular weight excluding hydrogens is 167 g/mol. The largest absolute Gasteiger partial charge is 0.287 e. The Labute approximate surface area is 76.2 Å². The molecule has 0 aliphatic rings. The van der Waals surface area contributed by atoms with Gasteiger partial charge in [-0.3, -0.25) is 4.79 Å². The quantitative estimate of drug-likeness (QED) is 0.647. The zero-order valence-corrected chi connectivity index (χ0v) is 7.03. The Morgan fingerprint density at radius 1 is 1.31 bits per heavy atom. The van der Waals surface area contributed by atoms with Crippen molar-refractivity contribution in [2.24, 2.45) is 0 Å². The Hall–Kier alpha value is -1.70. The van der Waals surface area contributed by atoms with Gasteiger partial charge in [-0.1, -0.05) is 43.0 Å². The predicted molar refractivity (Wildman–Crippen MR) is 50.7 cm³/mol. The molecule has 0 unspecified atom stereocenters. The summed E-state index contributed by atoms with van der Waals surface area (Å²) in [6.07, 6.45) is 2.71. The van der Waals surface area contributed by atoms with Crippen LogP contribution in [0.2, 0.25) is 0 Å². The SMILES string of the molecule is C=C(F)C(=O)C=Cc1ccccc1. The summed E-state index contributed by atoms with van der Waals surface area (Å²) in [5.74, 6) is -1.63. The van der Waals surface area contributed by atoms with Crippen LogP contribution >= 0.6 is 0 Å². The molecule has 0 radical (unpaired) electrons. The van der Waals surface area contributed by atoms with Gasteiger partial charge in [-0.2, -0.15) is 0 Å². The van der Waals surface area contributed by atoms with Gasteiger partial charge in [-0.15, -0.1) is 0 Å². The molecule has 1 nitrogen and oxygen atoms in total. The highest BCUT2D eigenvalue weighted by Crippen LogP contribution is 2.03. The van der Waals surface area contributed by atoms with Crippen LogP contribution in [0.1, 0.15) is 5.56 Å². The van der Waals surface area contributed by atoms with E-state index in [1.807, 2.05) is 30.3 Å². The topological polar surface area (TPSA) is 17.1 Å². The minimum atomic E-state index is -0.938. The number of hydrogen-bond acceptors (Lipinski definition) is 1. The molecule has 1 aromatic carbocycles. The molecule has 2 heteroatoms. The fourth-order valence-electron chi connectivity index (χ4n) is 0.826. The first-order chi connectivity index (χ1) is 6.20. The van der Waals surface area contributed by atoms with Gasteiger partial charge in [0, 0.05) is 0 Å². The van der Waals surface area contributed by atoms with Gasteiger partial charge in [0.1, 0.15) is 0 Å². The van der Waals surface area contributed by atoms with Gasteiger partial charge >= 0.3 is 0 Å². The van der Waals surface area contributed by atoms with Crippen LogP contribution < -0.4 is 0 Å². The Balaban J connectivity index is 2.70. The van der Waals surface area contributed by atoms with Gasteiger partial charge < -0.3 is 0 Å². The molecule has 0 atom stereocenters. The van der Waals surface area contributed by atoms with E-state index in [1.54, 1.807) is 6.08 Å². The minimum absolute atomic E-state index is 0.691. The first-order valence-electron chi connectivity index (χ1n) is 3.82. The molecule has 0 saturated heterocycles. The fourth-order valence-corrected chi connectivity index (χ4v) is 0.826. The molecule has 0 fully saturated rings. The second-order valence-electron chi connectivity index (χ2n) is 2.51.